The van der Waals surface area contributed by atoms with Crippen LogP contribution in [0.25, 0.3) is 0 Å². The molecule has 0 saturated heterocycles. The maximum atomic E-state index is 12.1. The number of halogens is 3. The minimum Gasteiger partial charge on any atom is -0.466 e. The van der Waals surface area contributed by atoms with Crippen LogP contribution in [0.3, 0.4) is 0 Å². The summed E-state index contributed by atoms with van der Waals surface area (Å²) in [6, 6.07) is 8.48. The molecule has 9 heteroatoms. The first-order valence-corrected chi connectivity index (χ1v) is 6.84. The van der Waals surface area contributed by atoms with E-state index < -0.39 is 12.5 Å². The van der Waals surface area contributed by atoms with Gasteiger partial charge in [-0.2, -0.15) is 0 Å². The molecule has 0 aliphatic heterocycles. The van der Waals surface area contributed by atoms with Crippen LogP contribution in [0.1, 0.15) is 6.92 Å². The van der Waals surface area contributed by atoms with Gasteiger partial charge in [0.25, 0.3) is 0 Å². The third-order valence-corrected chi connectivity index (χ3v) is 2.93. The summed E-state index contributed by atoms with van der Waals surface area (Å²) in [6.45, 7) is 1.57. The van der Waals surface area contributed by atoms with Gasteiger partial charge < -0.3 is 14.4 Å². The molecule has 0 aliphatic carbocycles. The molecule has 6 nitrogen and oxygen atoms in total. The molecule has 0 radical (unpaired) electrons. The fraction of sp³-hybridized carbons (Fsp3) is 0.267. The Labute approximate surface area is 135 Å². The monoisotopic (exact) mass is 341 g/mol. The van der Waals surface area contributed by atoms with Crippen LogP contribution in [-0.2, 0) is 4.79 Å². The van der Waals surface area contributed by atoms with Gasteiger partial charge in [0, 0.05) is 18.8 Å². The molecule has 0 fully saturated rings. The number of ether oxygens (including phenoxy) is 2. The molecule has 2 aromatic rings. The van der Waals surface area contributed by atoms with Crippen LogP contribution in [0, 0.1) is 0 Å². The van der Waals surface area contributed by atoms with Gasteiger partial charge in [0.2, 0.25) is 5.88 Å². The van der Waals surface area contributed by atoms with Crippen LogP contribution >= 0.6 is 0 Å². The average molecular weight is 341 g/mol. The largest absolute Gasteiger partial charge is 0.573 e. The summed E-state index contributed by atoms with van der Waals surface area (Å²) in [5.41, 5.74) is 0.591. The molecular formula is C15H14F3N3O3. The maximum Gasteiger partial charge on any atom is 0.573 e. The summed E-state index contributed by atoms with van der Waals surface area (Å²) in [6.07, 6.45) is -4.73. The van der Waals surface area contributed by atoms with Gasteiger partial charge in [-0.3, -0.25) is 4.79 Å². The third kappa shape index (κ3) is 4.83. The van der Waals surface area contributed by atoms with E-state index in [-0.39, 0.29) is 11.6 Å². The molecule has 0 bridgehead atoms. The highest BCUT2D eigenvalue weighted by Crippen LogP contribution is 2.27. The molecule has 1 heterocycles. The number of carbonyl (C=O) groups excluding carboxylic acids is 1. The smallest absolute Gasteiger partial charge is 0.466 e. The van der Waals surface area contributed by atoms with E-state index in [4.69, 9.17) is 4.74 Å². The lowest BCUT2D eigenvalue weighted by molar-refractivity contribution is -0.274. The van der Waals surface area contributed by atoms with E-state index >= 15 is 0 Å². The van der Waals surface area contributed by atoms with E-state index in [0.717, 1.165) is 0 Å². The summed E-state index contributed by atoms with van der Waals surface area (Å²) < 4.78 is 45.4. The number of hydrogen-bond donors (Lipinski definition) is 0. The number of benzene rings is 1. The van der Waals surface area contributed by atoms with Crippen LogP contribution in [0.5, 0.6) is 11.6 Å². The van der Waals surface area contributed by atoms with Crippen molar-refractivity contribution in [2.45, 2.75) is 19.4 Å². The van der Waals surface area contributed by atoms with E-state index in [2.05, 4.69) is 14.9 Å². The summed E-state index contributed by atoms with van der Waals surface area (Å²) >= 11 is 0. The highest BCUT2D eigenvalue weighted by atomic mass is 19.4. The van der Waals surface area contributed by atoms with Gasteiger partial charge in [0.15, 0.2) is 18.2 Å². The molecule has 1 aromatic carbocycles. The van der Waals surface area contributed by atoms with Gasteiger partial charge >= 0.3 is 6.36 Å². The van der Waals surface area contributed by atoms with Crippen LogP contribution < -0.4 is 14.4 Å². The van der Waals surface area contributed by atoms with Crippen molar-refractivity contribution in [1.82, 2.24) is 10.2 Å². The first-order valence-electron chi connectivity index (χ1n) is 6.84. The SMILES string of the molecule is CC(C=O)Oc1ccc(N(C)c2ccc(OC(F)(F)F)cc2)nn1. The fourth-order valence-electron chi connectivity index (χ4n) is 1.78. The molecule has 128 valence electrons. The Morgan fingerprint density at radius 3 is 2.29 bits per heavy atom. The number of alkyl halides is 3. The summed E-state index contributed by atoms with van der Waals surface area (Å²) in [5.74, 6) is 0.337. The van der Waals surface area contributed by atoms with Gasteiger partial charge in [-0.15, -0.1) is 23.4 Å². The predicted octanol–water partition coefficient (Wildman–Crippen LogP) is 3.11. The van der Waals surface area contributed by atoms with Crippen LogP contribution in [0.4, 0.5) is 24.7 Å². The van der Waals surface area contributed by atoms with E-state index in [9.17, 15) is 18.0 Å². The van der Waals surface area contributed by atoms with Gasteiger partial charge in [0.05, 0.1) is 0 Å². The average Bonchev–Trinajstić information content (AvgIpc) is 2.54. The number of nitrogens with zero attached hydrogens (tertiary/aromatic N) is 3. The number of aromatic nitrogens is 2. The highest BCUT2D eigenvalue weighted by Gasteiger charge is 2.31. The zero-order valence-corrected chi connectivity index (χ0v) is 12.8. The molecule has 0 aliphatic rings. The zero-order valence-electron chi connectivity index (χ0n) is 12.8. The Morgan fingerprint density at radius 1 is 1.12 bits per heavy atom. The Kier molecular flexibility index (Phi) is 5.22. The van der Waals surface area contributed by atoms with Crippen LogP contribution in [0.2, 0.25) is 0 Å². The highest BCUT2D eigenvalue weighted by molar-refractivity contribution is 5.60. The standard InChI is InChI=1S/C15H14F3N3O3/c1-10(9-22)23-14-8-7-13(19-20-14)21(2)11-3-5-12(6-4-11)24-15(16,17)18/h3-10H,1-2H3. The first kappa shape index (κ1) is 17.5. The molecule has 0 saturated carbocycles. The van der Waals surface area contributed by atoms with Gasteiger partial charge in [0.1, 0.15) is 5.75 Å². The second-order valence-corrected chi connectivity index (χ2v) is 4.79. The summed E-state index contributed by atoms with van der Waals surface area (Å²) in [5, 5.41) is 7.78. The second kappa shape index (κ2) is 7.16. The van der Waals surface area contributed by atoms with Crippen molar-refractivity contribution in [3.63, 3.8) is 0 Å². The number of rotatable bonds is 6. The zero-order chi connectivity index (χ0) is 17.7. The molecule has 2 rings (SSSR count). The summed E-state index contributed by atoms with van der Waals surface area (Å²) in [7, 11) is 1.68. The van der Waals surface area contributed by atoms with E-state index in [1.807, 2.05) is 0 Å². The molecule has 1 atom stereocenters. The number of hydrogen-bond acceptors (Lipinski definition) is 6. The molecule has 24 heavy (non-hydrogen) atoms. The Morgan fingerprint density at radius 2 is 1.79 bits per heavy atom. The molecule has 0 amide bonds. The quantitative estimate of drug-likeness (QED) is 0.752. The fourth-order valence-corrected chi connectivity index (χ4v) is 1.78. The molecular weight excluding hydrogens is 327 g/mol. The maximum absolute atomic E-state index is 12.1. The van der Waals surface area contributed by atoms with Crippen molar-refractivity contribution >= 4 is 17.8 Å². The van der Waals surface area contributed by atoms with Crippen LogP contribution in [-0.4, -0.2) is 36.0 Å². The lowest BCUT2D eigenvalue weighted by Crippen LogP contribution is -2.17. The van der Waals surface area contributed by atoms with Crippen LogP contribution in [0.15, 0.2) is 36.4 Å². The van der Waals surface area contributed by atoms with Crippen molar-refractivity contribution in [3.05, 3.63) is 36.4 Å². The van der Waals surface area contributed by atoms with Crippen molar-refractivity contribution in [3.8, 4) is 11.6 Å². The van der Waals surface area contributed by atoms with Gasteiger partial charge in [-0.1, -0.05) is 0 Å². The molecule has 1 aromatic heterocycles. The third-order valence-electron chi connectivity index (χ3n) is 2.93. The van der Waals surface area contributed by atoms with Gasteiger partial charge in [-0.25, -0.2) is 0 Å². The van der Waals surface area contributed by atoms with Crippen molar-refractivity contribution < 1.29 is 27.4 Å². The van der Waals surface area contributed by atoms with Crippen molar-refractivity contribution in [2.75, 3.05) is 11.9 Å². The van der Waals surface area contributed by atoms with E-state index in [1.165, 1.54) is 24.3 Å². The van der Waals surface area contributed by atoms with E-state index in [0.29, 0.717) is 17.8 Å². The lowest BCUT2D eigenvalue weighted by atomic mass is 10.3. The Bertz CT molecular complexity index is 675. The van der Waals surface area contributed by atoms with Crippen molar-refractivity contribution in [1.29, 1.82) is 0 Å². The number of carbonyl (C=O) groups is 1. The molecule has 1 unspecified atom stereocenters. The predicted molar refractivity (Wildman–Crippen MR) is 79.4 cm³/mol. The van der Waals surface area contributed by atoms with Gasteiger partial charge in [-0.05, 0) is 37.3 Å². The number of aldehydes is 1. The molecule has 0 spiro atoms. The second-order valence-electron chi connectivity index (χ2n) is 4.79. The lowest BCUT2D eigenvalue weighted by Gasteiger charge is -2.18. The minimum atomic E-state index is -4.73. The van der Waals surface area contributed by atoms with E-state index in [1.54, 1.807) is 31.0 Å². The Hall–Kier alpha value is -2.84. The molecule has 0 N–H and O–H groups in total. The topological polar surface area (TPSA) is 64.5 Å². The Balaban J connectivity index is 2.08. The normalized spacial score (nSPS) is 12.4. The minimum absolute atomic E-state index is 0.195. The van der Waals surface area contributed by atoms with Crippen molar-refractivity contribution in [2.24, 2.45) is 0 Å². The summed E-state index contributed by atoms with van der Waals surface area (Å²) in [4.78, 5) is 12.1. The first-order chi connectivity index (χ1) is 11.3. The number of anilines is 2.